The Labute approximate surface area is 99.8 Å². The molecule has 2 rings (SSSR count). The Morgan fingerprint density at radius 3 is 3.00 bits per heavy atom. The Morgan fingerprint density at radius 1 is 1.47 bits per heavy atom. The number of hydrogen-bond donors (Lipinski definition) is 1. The van der Waals surface area contributed by atoms with Gasteiger partial charge in [0.2, 0.25) is 0 Å². The highest BCUT2D eigenvalue weighted by Gasteiger charge is 2.19. The molecular weight excluding hydrogens is 228 g/mol. The Balaban J connectivity index is 1.58. The molecule has 0 saturated heterocycles. The molecule has 0 aliphatic heterocycles. The maximum atomic E-state index is 5.75. The van der Waals surface area contributed by atoms with Crippen LogP contribution in [0.15, 0.2) is 23.4 Å². The third kappa shape index (κ3) is 4.41. The topological polar surface area (TPSA) is 24.9 Å². The molecule has 1 aliphatic carbocycles. The zero-order valence-corrected chi connectivity index (χ0v) is 10.2. The summed E-state index contributed by atoms with van der Waals surface area (Å²) >= 11 is 7.52. The zero-order chi connectivity index (χ0) is 10.5. The van der Waals surface area contributed by atoms with Crippen LogP contribution in [0.1, 0.15) is 12.8 Å². The van der Waals surface area contributed by atoms with Crippen LogP contribution in [-0.2, 0) is 0 Å². The number of nitrogens with one attached hydrogen (secondary N) is 1. The van der Waals surface area contributed by atoms with E-state index in [9.17, 15) is 0 Å². The molecule has 1 heterocycles. The van der Waals surface area contributed by atoms with Gasteiger partial charge in [-0.05, 0) is 37.4 Å². The van der Waals surface area contributed by atoms with E-state index in [2.05, 4.69) is 10.3 Å². The molecule has 0 radical (unpaired) electrons. The molecule has 1 saturated carbocycles. The molecule has 82 valence electrons. The molecule has 0 spiro atoms. The molecule has 1 aliphatic rings. The van der Waals surface area contributed by atoms with E-state index in [1.54, 1.807) is 18.0 Å². The van der Waals surface area contributed by atoms with Crippen molar-refractivity contribution in [3.8, 4) is 0 Å². The van der Waals surface area contributed by atoms with Crippen molar-refractivity contribution in [3.63, 3.8) is 0 Å². The third-order valence-electron chi connectivity index (χ3n) is 2.36. The molecule has 15 heavy (non-hydrogen) atoms. The second-order valence-corrected chi connectivity index (χ2v) is 5.36. The molecule has 0 atom stereocenters. The van der Waals surface area contributed by atoms with Crippen LogP contribution in [0.5, 0.6) is 0 Å². The Hall–Kier alpha value is -0.250. The van der Waals surface area contributed by atoms with Crippen molar-refractivity contribution in [2.75, 3.05) is 18.8 Å². The van der Waals surface area contributed by atoms with Gasteiger partial charge in [0, 0.05) is 18.5 Å². The molecular formula is C11H15ClN2S. The van der Waals surface area contributed by atoms with Crippen molar-refractivity contribution < 1.29 is 0 Å². The molecule has 1 fully saturated rings. The molecule has 2 nitrogen and oxygen atoms in total. The van der Waals surface area contributed by atoms with Gasteiger partial charge in [0.25, 0.3) is 0 Å². The highest BCUT2D eigenvalue weighted by molar-refractivity contribution is 7.99. The second-order valence-electron chi connectivity index (χ2n) is 3.81. The van der Waals surface area contributed by atoms with Gasteiger partial charge in [0.1, 0.15) is 0 Å². The van der Waals surface area contributed by atoms with Crippen molar-refractivity contribution in [1.29, 1.82) is 0 Å². The van der Waals surface area contributed by atoms with Crippen molar-refractivity contribution in [1.82, 2.24) is 10.3 Å². The maximum absolute atomic E-state index is 5.75. The summed E-state index contributed by atoms with van der Waals surface area (Å²) in [7, 11) is 0. The monoisotopic (exact) mass is 242 g/mol. The Bertz CT molecular complexity index is 298. The normalized spacial score (nSPS) is 15.5. The standard InChI is InChI=1S/C11H15ClN2S/c12-10-3-4-11(14-8-10)15-6-5-13-7-9-1-2-9/h3-4,8-9,13H,1-2,5-7H2. The van der Waals surface area contributed by atoms with E-state index >= 15 is 0 Å². The third-order valence-corrected chi connectivity index (χ3v) is 3.53. The number of hydrogen-bond acceptors (Lipinski definition) is 3. The van der Waals surface area contributed by atoms with Gasteiger partial charge in [-0.2, -0.15) is 0 Å². The quantitative estimate of drug-likeness (QED) is 0.614. The second kappa shape index (κ2) is 5.73. The first-order valence-corrected chi connectivity index (χ1v) is 6.66. The van der Waals surface area contributed by atoms with Crippen molar-refractivity contribution in [2.24, 2.45) is 5.92 Å². The summed E-state index contributed by atoms with van der Waals surface area (Å²) in [5, 5.41) is 5.20. The van der Waals surface area contributed by atoms with Crippen LogP contribution >= 0.6 is 23.4 Å². The van der Waals surface area contributed by atoms with Crippen LogP contribution in [0.25, 0.3) is 0 Å². The molecule has 0 amide bonds. The van der Waals surface area contributed by atoms with Crippen LogP contribution < -0.4 is 5.32 Å². The van der Waals surface area contributed by atoms with E-state index in [4.69, 9.17) is 11.6 Å². The fraction of sp³-hybridized carbons (Fsp3) is 0.545. The van der Waals surface area contributed by atoms with Gasteiger partial charge in [-0.25, -0.2) is 4.98 Å². The van der Waals surface area contributed by atoms with Crippen LogP contribution in [0, 0.1) is 5.92 Å². The lowest BCUT2D eigenvalue weighted by Gasteiger charge is -2.02. The molecule has 1 N–H and O–H groups in total. The Kier molecular flexibility index (Phi) is 4.29. The average molecular weight is 243 g/mol. The summed E-state index contributed by atoms with van der Waals surface area (Å²) in [6, 6.07) is 3.85. The van der Waals surface area contributed by atoms with E-state index < -0.39 is 0 Å². The van der Waals surface area contributed by atoms with E-state index in [-0.39, 0.29) is 0 Å². The number of nitrogens with zero attached hydrogens (tertiary/aromatic N) is 1. The van der Waals surface area contributed by atoms with Gasteiger partial charge in [-0.3, -0.25) is 0 Å². The van der Waals surface area contributed by atoms with Crippen LogP contribution in [0.3, 0.4) is 0 Å². The lowest BCUT2D eigenvalue weighted by Crippen LogP contribution is -2.19. The minimum Gasteiger partial charge on any atom is -0.316 e. The molecule has 0 bridgehead atoms. The minimum atomic E-state index is 0.700. The molecule has 4 heteroatoms. The summed E-state index contributed by atoms with van der Waals surface area (Å²) in [6.45, 7) is 2.25. The highest BCUT2D eigenvalue weighted by Crippen LogP contribution is 2.27. The van der Waals surface area contributed by atoms with E-state index in [1.807, 2.05) is 12.1 Å². The van der Waals surface area contributed by atoms with Crippen LogP contribution in [0.4, 0.5) is 0 Å². The van der Waals surface area contributed by atoms with Gasteiger partial charge in [0.05, 0.1) is 10.0 Å². The number of halogens is 1. The van der Waals surface area contributed by atoms with Gasteiger partial charge < -0.3 is 5.32 Å². The fourth-order valence-corrected chi connectivity index (χ4v) is 2.16. The summed E-state index contributed by atoms with van der Waals surface area (Å²) in [4.78, 5) is 4.23. The summed E-state index contributed by atoms with van der Waals surface area (Å²) < 4.78 is 0. The Morgan fingerprint density at radius 2 is 2.33 bits per heavy atom. The summed E-state index contributed by atoms with van der Waals surface area (Å²) in [6.07, 6.45) is 4.53. The fourth-order valence-electron chi connectivity index (χ4n) is 1.30. The number of rotatable bonds is 6. The number of pyridine rings is 1. The maximum Gasteiger partial charge on any atom is 0.0961 e. The predicted molar refractivity (Wildman–Crippen MR) is 65.6 cm³/mol. The van der Waals surface area contributed by atoms with Gasteiger partial charge >= 0.3 is 0 Å². The largest absolute Gasteiger partial charge is 0.316 e. The summed E-state index contributed by atoms with van der Waals surface area (Å²) in [5.41, 5.74) is 0. The smallest absolute Gasteiger partial charge is 0.0961 e. The van der Waals surface area contributed by atoms with E-state index in [0.29, 0.717) is 5.02 Å². The van der Waals surface area contributed by atoms with E-state index in [1.165, 1.54) is 19.4 Å². The first-order chi connectivity index (χ1) is 7.34. The predicted octanol–water partition coefficient (Wildman–Crippen LogP) is 2.83. The first kappa shape index (κ1) is 11.2. The van der Waals surface area contributed by atoms with Crippen molar-refractivity contribution in [2.45, 2.75) is 17.9 Å². The lowest BCUT2D eigenvalue weighted by molar-refractivity contribution is 0.665. The van der Waals surface area contributed by atoms with E-state index in [0.717, 1.165) is 23.2 Å². The van der Waals surface area contributed by atoms with Crippen LogP contribution in [0.2, 0.25) is 5.02 Å². The molecule has 1 aromatic rings. The first-order valence-electron chi connectivity index (χ1n) is 5.29. The lowest BCUT2D eigenvalue weighted by atomic mass is 10.4. The zero-order valence-electron chi connectivity index (χ0n) is 8.58. The number of thioether (sulfide) groups is 1. The molecule has 1 aromatic heterocycles. The SMILES string of the molecule is Clc1ccc(SCCNCC2CC2)nc1. The molecule has 0 aromatic carbocycles. The highest BCUT2D eigenvalue weighted by atomic mass is 35.5. The van der Waals surface area contributed by atoms with Crippen molar-refractivity contribution in [3.05, 3.63) is 23.4 Å². The van der Waals surface area contributed by atoms with Gasteiger partial charge in [-0.15, -0.1) is 11.8 Å². The molecule has 0 unspecified atom stereocenters. The summed E-state index contributed by atoms with van der Waals surface area (Å²) in [5.74, 6) is 2.03. The van der Waals surface area contributed by atoms with Crippen molar-refractivity contribution >= 4 is 23.4 Å². The average Bonchev–Trinajstić information content (AvgIpc) is 3.04. The number of aromatic nitrogens is 1. The minimum absolute atomic E-state index is 0.700. The van der Waals surface area contributed by atoms with Gasteiger partial charge in [0.15, 0.2) is 0 Å². The van der Waals surface area contributed by atoms with Gasteiger partial charge in [-0.1, -0.05) is 11.6 Å². The van der Waals surface area contributed by atoms with Crippen LogP contribution in [-0.4, -0.2) is 23.8 Å².